The second kappa shape index (κ2) is 16.2. The molecular formula is C28H38N10O14. The van der Waals surface area contributed by atoms with Gasteiger partial charge in [0, 0.05) is 12.3 Å². The van der Waals surface area contributed by atoms with E-state index >= 15 is 0 Å². The number of nitrogens with two attached hydrogens (primary N) is 2. The number of nitrogens with zero attached hydrogens (tertiary/aromatic N) is 6. The number of aliphatic hydroxyl groups is 7. The van der Waals surface area contributed by atoms with E-state index in [0.29, 0.717) is 11.2 Å². The molecule has 3 aliphatic rings. The van der Waals surface area contributed by atoms with Crippen molar-refractivity contribution >= 4 is 22.9 Å². The maximum atomic E-state index is 11.5. The number of hydrogen-bond acceptors (Lipinski definition) is 18. The predicted molar refractivity (Wildman–Crippen MR) is 171 cm³/mol. The normalized spacial score (nSPS) is 29.8. The van der Waals surface area contributed by atoms with Crippen LogP contribution in [0, 0.1) is 0 Å². The van der Waals surface area contributed by atoms with Crippen molar-refractivity contribution in [1.29, 1.82) is 0 Å². The van der Waals surface area contributed by atoms with Crippen molar-refractivity contribution in [2.24, 2.45) is 5.73 Å². The highest BCUT2D eigenvalue weighted by Gasteiger charge is 2.45. The van der Waals surface area contributed by atoms with Crippen LogP contribution in [0.3, 0.4) is 0 Å². The third-order valence-electron chi connectivity index (χ3n) is 8.46. The molecule has 10 atom stereocenters. The van der Waals surface area contributed by atoms with Crippen LogP contribution >= 0.6 is 0 Å². The van der Waals surface area contributed by atoms with Crippen molar-refractivity contribution in [1.82, 2.24) is 38.6 Å². The van der Waals surface area contributed by atoms with Crippen LogP contribution in [-0.4, -0.2) is 143 Å². The third-order valence-corrected chi connectivity index (χ3v) is 8.46. The molecule has 24 nitrogen and oxygen atoms in total. The molecule has 0 unspecified atom stereocenters. The topological polar surface area (TPSA) is 375 Å². The molecule has 0 spiro atoms. The Morgan fingerprint density at radius 1 is 0.827 bits per heavy atom. The maximum absolute atomic E-state index is 11.5. The number of primary amides is 1. The van der Waals surface area contributed by atoms with Gasteiger partial charge in [0.25, 0.3) is 17.0 Å². The van der Waals surface area contributed by atoms with E-state index in [9.17, 15) is 39.6 Å². The van der Waals surface area contributed by atoms with Gasteiger partial charge in [0.15, 0.2) is 29.3 Å². The minimum atomic E-state index is -1.35. The summed E-state index contributed by atoms with van der Waals surface area (Å²) < 4.78 is 19.9. The Morgan fingerprint density at radius 2 is 1.44 bits per heavy atom. The summed E-state index contributed by atoms with van der Waals surface area (Å²) in [5.74, 6) is -0.879. The fourth-order valence-corrected chi connectivity index (χ4v) is 5.71. The van der Waals surface area contributed by atoms with E-state index in [1.165, 1.54) is 17.2 Å². The van der Waals surface area contributed by atoms with Gasteiger partial charge in [0.05, 0.1) is 44.9 Å². The van der Waals surface area contributed by atoms with Crippen LogP contribution in [0.4, 0.5) is 5.82 Å². The second-order valence-corrected chi connectivity index (χ2v) is 11.8. The molecule has 13 N–H and O–H groups in total. The molecule has 0 aromatic carbocycles. The van der Waals surface area contributed by atoms with Crippen LogP contribution in [0.1, 0.15) is 42.0 Å². The van der Waals surface area contributed by atoms with Crippen molar-refractivity contribution in [2.45, 2.75) is 74.3 Å². The summed E-state index contributed by atoms with van der Waals surface area (Å²) in [6.07, 6.45) is -2.77. The number of aromatic nitrogens is 8. The van der Waals surface area contributed by atoms with Crippen LogP contribution in [0.25, 0.3) is 11.2 Å². The predicted octanol–water partition coefficient (Wildman–Crippen LogP) is -5.89. The van der Waals surface area contributed by atoms with Gasteiger partial charge in [-0.3, -0.25) is 33.1 Å². The summed E-state index contributed by atoms with van der Waals surface area (Å²) >= 11 is 0. The number of amides is 1. The lowest BCUT2D eigenvalue weighted by atomic mass is 10.1. The smallest absolute Gasteiger partial charge is 0.330 e. The van der Waals surface area contributed by atoms with Crippen LogP contribution in [0.5, 0.6) is 0 Å². The molecule has 7 rings (SSSR count). The van der Waals surface area contributed by atoms with Crippen LogP contribution in [0.2, 0.25) is 0 Å². The van der Waals surface area contributed by atoms with Gasteiger partial charge in [0.2, 0.25) is 0 Å². The lowest BCUT2D eigenvalue weighted by molar-refractivity contribution is -0.0550. The molecule has 0 aliphatic carbocycles. The lowest BCUT2D eigenvalue weighted by Crippen LogP contribution is -2.37. The highest BCUT2D eigenvalue weighted by Crippen LogP contribution is 2.32. The zero-order chi connectivity index (χ0) is 37.9. The fraction of sp³-hybridized carbons (Fsp3) is 0.536. The molecule has 4 aromatic heterocycles. The van der Waals surface area contributed by atoms with Crippen molar-refractivity contribution < 1.29 is 54.8 Å². The molecule has 284 valence electrons. The molecule has 0 saturated carbocycles. The minimum absolute atomic E-state index is 0.0111. The van der Waals surface area contributed by atoms with Gasteiger partial charge in [0.1, 0.15) is 48.7 Å². The number of aliphatic hydroxyl groups excluding tert-OH is 7. The zero-order valence-electron chi connectivity index (χ0n) is 27.0. The summed E-state index contributed by atoms with van der Waals surface area (Å²) in [5, 5.41) is 65.4. The highest BCUT2D eigenvalue weighted by atomic mass is 16.6. The Bertz CT molecular complexity index is 2010. The van der Waals surface area contributed by atoms with Crippen LogP contribution in [-0.2, 0) is 14.2 Å². The first-order chi connectivity index (χ1) is 24.8. The molecule has 3 fully saturated rings. The molecule has 0 bridgehead atoms. The second-order valence-electron chi connectivity index (χ2n) is 11.8. The molecule has 4 aromatic rings. The summed E-state index contributed by atoms with van der Waals surface area (Å²) in [6.45, 7) is -0.921. The zero-order valence-corrected chi connectivity index (χ0v) is 27.0. The maximum Gasteiger partial charge on any atom is 0.330 e. The molecular weight excluding hydrogens is 700 g/mol. The van der Waals surface area contributed by atoms with Gasteiger partial charge in [-0.2, -0.15) is 0 Å². The van der Waals surface area contributed by atoms with Gasteiger partial charge in [-0.25, -0.2) is 19.7 Å². The van der Waals surface area contributed by atoms with Gasteiger partial charge >= 0.3 is 5.69 Å². The summed E-state index contributed by atoms with van der Waals surface area (Å²) in [7, 11) is 0. The van der Waals surface area contributed by atoms with Crippen LogP contribution in [0.15, 0.2) is 45.6 Å². The molecule has 7 heterocycles. The number of nitrogen functional groups attached to an aromatic ring is 1. The number of ether oxygens (including phenoxy) is 3. The number of carbonyl (C=O) groups excluding carboxylic acids is 1. The van der Waals surface area contributed by atoms with E-state index < -0.39 is 79.4 Å². The number of aromatic amines is 2. The SMILES string of the molecule is NC(=O)c1ncn([C@@H]2O[C@H](CO)[C@@H](O)[C@H]2O)c1N.O=c1[nH]cnc2c1ncn2[C@H]1CC[C@@H](CO)O1.O=c1ccn([C@@H]2O[C@H](CO)[C@@H](O)[C@H]2O)c(=O)[nH]1. The highest BCUT2D eigenvalue weighted by molar-refractivity contribution is 5.95. The van der Waals surface area contributed by atoms with Crippen molar-refractivity contribution in [3.63, 3.8) is 0 Å². The van der Waals surface area contributed by atoms with Gasteiger partial charge in [-0.15, -0.1) is 0 Å². The Balaban J connectivity index is 0.000000151. The van der Waals surface area contributed by atoms with E-state index in [-0.39, 0.29) is 36.0 Å². The molecule has 3 saturated heterocycles. The first kappa shape index (κ1) is 38.3. The monoisotopic (exact) mass is 738 g/mol. The number of hydrogen-bond donors (Lipinski definition) is 11. The minimum Gasteiger partial charge on any atom is -0.394 e. The number of H-pyrrole nitrogens is 2. The Hall–Kier alpha value is -4.89. The summed E-state index contributed by atoms with van der Waals surface area (Å²) in [6, 6.07) is 1.09. The van der Waals surface area contributed by atoms with Crippen molar-refractivity contribution in [2.75, 3.05) is 25.6 Å². The first-order valence-electron chi connectivity index (χ1n) is 15.7. The van der Waals surface area contributed by atoms with E-state index in [0.717, 1.165) is 29.7 Å². The van der Waals surface area contributed by atoms with Gasteiger partial charge in [-0.1, -0.05) is 0 Å². The third kappa shape index (κ3) is 7.65. The summed E-state index contributed by atoms with van der Waals surface area (Å²) in [5.41, 5.74) is 9.78. The quantitative estimate of drug-likeness (QED) is 0.0840. The standard InChI is InChI=1S/C10H12N4O3.C9H14N4O5.C9H12N2O6/c15-3-6-1-2-7(17-6)14-5-13-8-9(14)11-4-12-10(8)16;10-7-4(8(11)17)12-2-13(7)9-6(16)5(15)3(1-14)18-9;12-3-4-6(14)7(15)8(17-4)11-2-1-5(13)10-9(11)16/h4-7,15H,1-3H2,(H,11,12,16);2-3,5-6,9,14-16H,1,10H2,(H2,11,17);1-2,4,6-8,12,14-15H,3H2,(H,10,13,16)/t6-,7+;3-,5-,6-,9-;4-,6-,7-,8-/m011/s1. The first-order valence-corrected chi connectivity index (χ1v) is 15.7. The Labute approximate surface area is 290 Å². The molecule has 3 aliphatic heterocycles. The number of carbonyl (C=O) groups is 1. The molecule has 24 heteroatoms. The summed E-state index contributed by atoms with van der Waals surface area (Å²) in [4.78, 5) is 61.1. The lowest BCUT2D eigenvalue weighted by Gasteiger charge is -2.17. The largest absolute Gasteiger partial charge is 0.394 e. The average Bonchev–Trinajstić information content (AvgIpc) is 3.95. The van der Waals surface area contributed by atoms with E-state index in [1.54, 1.807) is 10.9 Å². The van der Waals surface area contributed by atoms with Gasteiger partial charge in [-0.05, 0) is 12.8 Å². The van der Waals surface area contributed by atoms with Crippen molar-refractivity contribution in [3.05, 3.63) is 68.1 Å². The number of rotatable bonds is 7. The number of nitrogens with one attached hydrogen (secondary N) is 2. The molecule has 1 amide bonds. The van der Waals surface area contributed by atoms with Crippen LogP contribution < -0.4 is 28.3 Å². The van der Waals surface area contributed by atoms with E-state index in [4.69, 9.17) is 41.0 Å². The number of fused-ring (bicyclic) bond motifs is 1. The number of imidazole rings is 2. The Morgan fingerprint density at radius 3 is 1.96 bits per heavy atom. The molecule has 52 heavy (non-hydrogen) atoms. The number of anilines is 1. The Kier molecular flexibility index (Phi) is 11.9. The molecule has 0 radical (unpaired) electrons. The van der Waals surface area contributed by atoms with Gasteiger partial charge < -0.3 is 66.4 Å². The fourth-order valence-electron chi connectivity index (χ4n) is 5.71. The average molecular weight is 739 g/mol. The van der Waals surface area contributed by atoms with E-state index in [1.807, 2.05) is 4.98 Å². The van der Waals surface area contributed by atoms with Crippen molar-refractivity contribution in [3.8, 4) is 0 Å². The van der Waals surface area contributed by atoms with E-state index in [2.05, 4.69) is 19.9 Å².